The van der Waals surface area contributed by atoms with Gasteiger partial charge in [-0.2, -0.15) is 0 Å². The van der Waals surface area contributed by atoms with E-state index < -0.39 is 23.8 Å². The van der Waals surface area contributed by atoms with E-state index in [1.54, 1.807) is 24.3 Å². The van der Waals surface area contributed by atoms with Crippen LogP contribution in [0.25, 0.3) is 0 Å². The highest BCUT2D eigenvalue weighted by molar-refractivity contribution is 8.14. The summed E-state index contributed by atoms with van der Waals surface area (Å²) in [7, 11) is 3.29. The fourth-order valence-corrected chi connectivity index (χ4v) is 3.44. The molecule has 1 aromatic rings. The van der Waals surface area contributed by atoms with Crippen molar-refractivity contribution in [2.45, 2.75) is 19.9 Å². The van der Waals surface area contributed by atoms with Gasteiger partial charge in [-0.05, 0) is 12.0 Å². The molecule has 2 amide bonds. The van der Waals surface area contributed by atoms with E-state index in [9.17, 15) is 14.4 Å². The second kappa shape index (κ2) is 10.7. The van der Waals surface area contributed by atoms with Crippen molar-refractivity contribution in [2.24, 2.45) is 11.0 Å². The van der Waals surface area contributed by atoms with E-state index in [1.807, 2.05) is 25.8 Å². The third-order valence-electron chi connectivity index (χ3n) is 3.98. The number of amidine groups is 1. The molecule has 1 unspecified atom stereocenters. The first-order valence-electron chi connectivity index (χ1n) is 9.15. The summed E-state index contributed by atoms with van der Waals surface area (Å²) >= 11 is 1.48. The lowest BCUT2D eigenvalue weighted by molar-refractivity contribution is -0.139. The lowest BCUT2D eigenvalue weighted by Crippen LogP contribution is -2.41. The number of alkyl carbamates (subject to hydrolysis) is 1. The third kappa shape index (κ3) is 6.38. The number of thioether (sulfide) groups is 1. The summed E-state index contributed by atoms with van der Waals surface area (Å²) in [5.41, 5.74) is 2.61. The van der Waals surface area contributed by atoms with Crippen LogP contribution in [0.15, 0.2) is 29.4 Å². The van der Waals surface area contributed by atoms with E-state index in [0.29, 0.717) is 16.5 Å². The van der Waals surface area contributed by atoms with Crippen LogP contribution in [0.3, 0.4) is 0 Å². The SMILES string of the molecule is COc1ccccc1C(NC(=O)OCC(C)C)C(=O)C(=O)N/N=C1\SCCN1C. The summed E-state index contributed by atoms with van der Waals surface area (Å²) in [6.07, 6.45) is -0.798. The number of benzene rings is 1. The molecule has 10 heteroatoms. The number of Topliss-reactive ketones (excluding diaryl/α,β-unsaturated/α-hetero) is 1. The first kappa shape index (κ1) is 22.5. The molecule has 0 saturated carbocycles. The van der Waals surface area contributed by atoms with Gasteiger partial charge in [0.05, 0.1) is 13.7 Å². The summed E-state index contributed by atoms with van der Waals surface area (Å²) in [6, 6.07) is 5.37. The number of rotatable bonds is 8. The average Bonchev–Trinajstić information content (AvgIpc) is 3.12. The monoisotopic (exact) mass is 422 g/mol. The molecule has 2 rings (SSSR count). The van der Waals surface area contributed by atoms with Crippen LogP contribution in [0.2, 0.25) is 0 Å². The Balaban J connectivity index is 2.20. The number of hydrogen-bond acceptors (Lipinski definition) is 7. The molecule has 0 spiro atoms. The average molecular weight is 423 g/mol. The lowest BCUT2D eigenvalue weighted by atomic mass is 10.0. The Morgan fingerprint density at radius 3 is 2.62 bits per heavy atom. The largest absolute Gasteiger partial charge is 0.496 e. The number of carbonyl (C=O) groups excluding carboxylic acids is 3. The maximum atomic E-state index is 12.8. The van der Waals surface area contributed by atoms with Crippen molar-refractivity contribution in [1.29, 1.82) is 0 Å². The molecule has 9 nitrogen and oxygen atoms in total. The van der Waals surface area contributed by atoms with Gasteiger partial charge in [0.2, 0.25) is 5.78 Å². The predicted octanol–water partition coefficient (Wildman–Crippen LogP) is 1.75. The predicted molar refractivity (Wildman–Crippen MR) is 111 cm³/mol. The second-order valence-corrected chi connectivity index (χ2v) is 7.84. The molecule has 0 radical (unpaired) electrons. The van der Waals surface area contributed by atoms with Crippen molar-refractivity contribution in [1.82, 2.24) is 15.6 Å². The number of hydrazone groups is 1. The molecule has 2 N–H and O–H groups in total. The van der Waals surface area contributed by atoms with E-state index in [4.69, 9.17) is 9.47 Å². The Morgan fingerprint density at radius 2 is 2.00 bits per heavy atom. The summed E-state index contributed by atoms with van der Waals surface area (Å²) in [4.78, 5) is 39.3. The fraction of sp³-hybridized carbons (Fsp3) is 0.474. The van der Waals surface area contributed by atoms with Gasteiger partial charge in [-0.3, -0.25) is 9.59 Å². The summed E-state index contributed by atoms with van der Waals surface area (Å²) in [6.45, 7) is 4.77. The highest BCUT2D eigenvalue weighted by Crippen LogP contribution is 2.26. The number of nitrogens with zero attached hydrogens (tertiary/aromatic N) is 2. The van der Waals surface area contributed by atoms with E-state index in [-0.39, 0.29) is 12.5 Å². The van der Waals surface area contributed by atoms with Gasteiger partial charge in [0.15, 0.2) is 5.17 Å². The van der Waals surface area contributed by atoms with Gasteiger partial charge in [0, 0.05) is 24.9 Å². The van der Waals surface area contributed by atoms with E-state index >= 15 is 0 Å². The Labute approximate surface area is 174 Å². The number of carbonyl (C=O) groups is 3. The Hall–Kier alpha value is -2.75. The second-order valence-electron chi connectivity index (χ2n) is 6.78. The van der Waals surface area contributed by atoms with Crippen LogP contribution in [0.5, 0.6) is 5.75 Å². The van der Waals surface area contributed by atoms with Gasteiger partial charge in [-0.25, -0.2) is 10.2 Å². The van der Waals surface area contributed by atoms with E-state index in [1.165, 1.54) is 18.9 Å². The molecule has 158 valence electrons. The highest BCUT2D eigenvalue weighted by Gasteiger charge is 2.31. The third-order valence-corrected chi connectivity index (χ3v) is 5.03. The number of ether oxygens (including phenoxy) is 2. The van der Waals surface area contributed by atoms with Crippen molar-refractivity contribution in [2.75, 3.05) is 33.1 Å². The van der Waals surface area contributed by atoms with E-state index in [2.05, 4.69) is 15.8 Å². The molecular formula is C19H26N4O5S. The fourth-order valence-electron chi connectivity index (χ4n) is 2.47. The van der Waals surface area contributed by atoms with Gasteiger partial charge in [-0.1, -0.05) is 43.8 Å². The van der Waals surface area contributed by atoms with Gasteiger partial charge >= 0.3 is 12.0 Å². The van der Waals surface area contributed by atoms with Crippen LogP contribution in [0, 0.1) is 5.92 Å². The molecule has 1 aromatic carbocycles. The zero-order chi connectivity index (χ0) is 21.4. The summed E-state index contributed by atoms with van der Waals surface area (Å²) < 4.78 is 10.4. The molecular weight excluding hydrogens is 396 g/mol. The van der Waals surface area contributed by atoms with Crippen LogP contribution in [0.4, 0.5) is 4.79 Å². The number of ketones is 1. The van der Waals surface area contributed by atoms with Crippen molar-refractivity contribution in [3.8, 4) is 5.75 Å². The Morgan fingerprint density at radius 1 is 1.28 bits per heavy atom. The number of hydrogen-bond donors (Lipinski definition) is 2. The molecule has 1 heterocycles. The summed E-state index contributed by atoms with van der Waals surface area (Å²) in [5.74, 6) is -0.488. The molecule has 0 aliphatic carbocycles. The minimum atomic E-state index is -1.28. The maximum absolute atomic E-state index is 12.8. The first-order chi connectivity index (χ1) is 13.8. The molecule has 29 heavy (non-hydrogen) atoms. The quantitative estimate of drug-likeness (QED) is 0.485. The minimum Gasteiger partial charge on any atom is -0.496 e. The van der Waals surface area contributed by atoms with Crippen LogP contribution in [-0.2, 0) is 14.3 Å². The van der Waals surface area contributed by atoms with Crippen LogP contribution in [-0.4, -0.2) is 60.9 Å². The smallest absolute Gasteiger partial charge is 0.408 e. The van der Waals surface area contributed by atoms with Gasteiger partial charge in [0.25, 0.3) is 0 Å². The zero-order valence-electron chi connectivity index (χ0n) is 16.9. The Bertz CT molecular complexity index is 784. The molecule has 1 fully saturated rings. The number of para-hydroxylation sites is 1. The van der Waals surface area contributed by atoms with Gasteiger partial charge in [-0.15, -0.1) is 5.10 Å². The standard InChI is InChI=1S/C19H26N4O5S/c1-12(2)11-28-19(26)20-15(13-7-5-6-8-14(13)27-4)16(24)17(25)21-22-18-23(3)9-10-29-18/h5-8,12,15H,9-11H2,1-4H3,(H,20,26)(H,21,25)/b22-18-. The van der Waals surface area contributed by atoms with Crippen molar-refractivity contribution < 1.29 is 23.9 Å². The highest BCUT2D eigenvalue weighted by atomic mass is 32.2. The van der Waals surface area contributed by atoms with Crippen LogP contribution >= 0.6 is 11.8 Å². The number of methoxy groups -OCH3 is 1. The molecule has 0 bridgehead atoms. The van der Waals surface area contributed by atoms with Crippen LogP contribution in [0.1, 0.15) is 25.5 Å². The molecule has 1 aliphatic rings. The summed E-state index contributed by atoms with van der Waals surface area (Å²) in [5, 5.41) is 7.07. The molecule has 1 atom stereocenters. The van der Waals surface area contributed by atoms with Crippen LogP contribution < -0.4 is 15.5 Å². The maximum Gasteiger partial charge on any atom is 0.408 e. The topological polar surface area (TPSA) is 109 Å². The van der Waals surface area contributed by atoms with Crippen molar-refractivity contribution in [3.63, 3.8) is 0 Å². The van der Waals surface area contributed by atoms with Crippen molar-refractivity contribution >= 4 is 34.7 Å². The lowest BCUT2D eigenvalue weighted by Gasteiger charge is -2.20. The normalized spacial score (nSPS) is 15.9. The van der Waals surface area contributed by atoms with Crippen molar-refractivity contribution in [3.05, 3.63) is 29.8 Å². The number of amides is 2. The van der Waals surface area contributed by atoms with E-state index in [0.717, 1.165) is 12.3 Å². The minimum absolute atomic E-state index is 0.126. The first-order valence-corrected chi connectivity index (χ1v) is 10.1. The van der Waals surface area contributed by atoms with Gasteiger partial charge in [0.1, 0.15) is 11.8 Å². The number of nitrogens with one attached hydrogen (secondary N) is 2. The Kier molecular flexibility index (Phi) is 8.32. The zero-order valence-corrected chi connectivity index (χ0v) is 17.7. The van der Waals surface area contributed by atoms with Gasteiger partial charge < -0.3 is 19.7 Å². The molecule has 1 saturated heterocycles. The molecule has 1 aliphatic heterocycles. The molecule has 0 aromatic heterocycles.